The molecule has 0 radical (unpaired) electrons. The Morgan fingerprint density at radius 2 is 0.877 bits per heavy atom. The van der Waals surface area contributed by atoms with Crippen LogP contribution in [0.5, 0.6) is 0 Å². The maximum atomic E-state index is 2.75. The van der Waals surface area contributed by atoms with E-state index in [0.717, 1.165) is 6.42 Å². The van der Waals surface area contributed by atoms with Gasteiger partial charge in [-0.1, -0.05) is 132 Å². The predicted octanol–water partition coefficient (Wildman–Crippen LogP) is 15.4. The van der Waals surface area contributed by atoms with Crippen molar-refractivity contribution in [3.8, 4) is 0 Å². The van der Waals surface area contributed by atoms with Gasteiger partial charge >= 0.3 is 0 Å². The Bertz CT molecular complexity index is 3240. The van der Waals surface area contributed by atoms with Crippen molar-refractivity contribution in [3.63, 3.8) is 0 Å². The van der Waals surface area contributed by atoms with Crippen LogP contribution in [0.1, 0.15) is 160 Å². The summed E-state index contributed by atoms with van der Waals surface area (Å²) in [7, 11) is 0. The standard InChI is InChI=1S/C61H67BN2S/c1-35-26-51-54-52(27-35)64(48-31-44-39(28-36(48)2)60(11,12)34-61(44,13)14)50-33-43-41(57(5,6)23-25-59(43,9)10)30-46(50)62(54)45-29-40-42(58(7,8)24-22-56(40,3)4)32-49(45)63(51)47-20-17-19-38-37-18-15-16-21-53(37)65-55(38)47/h15-21,26-33H,22-25,34H2,1-14H3. The summed E-state index contributed by atoms with van der Waals surface area (Å²) in [4.78, 5) is 5.48. The van der Waals surface area contributed by atoms with Gasteiger partial charge in [0.2, 0.25) is 0 Å². The summed E-state index contributed by atoms with van der Waals surface area (Å²) < 4.78 is 2.70. The number of hydrogen-bond acceptors (Lipinski definition) is 3. The second-order valence-corrected chi connectivity index (χ2v) is 26.2. The van der Waals surface area contributed by atoms with Crippen LogP contribution in [0.4, 0.5) is 34.1 Å². The summed E-state index contributed by atoms with van der Waals surface area (Å²) in [5, 5.41) is 2.69. The van der Waals surface area contributed by atoms with Crippen LogP contribution < -0.4 is 26.2 Å². The first kappa shape index (κ1) is 41.6. The minimum absolute atomic E-state index is 0.0661. The Labute approximate surface area is 393 Å². The molecule has 5 aliphatic rings. The van der Waals surface area contributed by atoms with Crippen molar-refractivity contribution in [1.82, 2.24) is 0 Å². The van der Waals surface area contributed by atoms with Crippen molar-refractivity contribution in [2.75, 3.05) is 9.80 Å². The smallest absolute Gasteiger partial charge is 0.252 e. The molecule has 12 rings (SSSR count). The first-order chi connectivity index (χ1) is 30.5. The Hall–Kier alpha value is -4.80. The largest absolute Gasteiger partial charge is 0.311 e. The fourth-order valence-corrected chi connectivity index (χ4v) is 15.2. The first-order valence-electron chi connectivity index (χ1n) is 24.7. The molecule has 0 bridgehead atoms. The molecule has 65 heavy (non-hydrogen) atoms. The lowest BCUT2D eigenvalue weighted by Crippen LogP contribution is -2.62. The molecule has 0 amide bonds. The Morgan fingerprint density at radius 1 is 0.431 bits per heavy atom. The molecular weight excluding hydrogens is 804 g/mol. The van der Waals surface area contributed by atoms with Crippen LogP contribution in [0.2, 0.25) is 0 Å². The molecule has 3 heterocycles. The molecule has 0 saturated heterocycles. The van der Waals surface area contributed by atoms with Gasteiger partial charge in [0.25, 0.3) is 6.71 Å². The highest BCUT2D eigenvalue weighted by molar-refractivity contribution is 7.26. The zero-order chi connectivity index (χ0) is 45.7. The van der Waals surface area contributed by atoms with E-state index in [4.69, 9.17) is 0 Å². The predicted molar refractivity (Wildman–Crippen MR) is 284 cm³/mol. The van der Waals surface area contributed by atoms with Gasteiger partial charge in [-0.25, -0.2) is 0 Å². The summed E-state index contributed by atoms with van der Waals surface area (Å²) in [5.41, 5.74) is 24.6. The third kappa shape index (κ3) is 5.71. The topological polar surface area (TPSA) is 6.48 Å². The molecule has 1 aromatic heterocycles. The number of benzene rings is 6. The fourth-order valence-electron chi connectivity index (χ4n) is 14.0. The molecule has 0 saturated carbocycles. The lowest BCUT2D eigenvalue weighted by molar-refractivity contribution is 0.332. The molecule has 0 N–H and O–H groups in total. The van der Waals surface area contributed by atoms with Crippen LogP contribution in [0, 0.1) is 13.8 Å². The van der Waals surface area contributed by atoms with Crippen molar-refractivity contribution in [2.45, 2.75) is 162 Å². The molecule has 330 valence electrons. The van der Waals surface area contributed by atoms with Crippen LogP contribution in [-0.4, -0.2) is 6.71 Å². The van der Waals surface area contributed by atoms with Crippen molar-refractivity contribution in [1.29, 1.82) is 0 Å². The van der Waals surface area contributed by atoms with E-state index in [-0.39, 0.29) is 39.2 Å². The van der Waals surface area contributed by atoms with E-state index in [1.165, 1.54) is 141 Å². The van der Waals surface area contributed by atoms with Crippen LogP contribution >= 0.6 is 11.3 Å². The van der Waals surface area contributed by atoms with Gasteiger partial charge < -0.3 is 9.80 Å². The zero-order valence-electron chi connectivity index (χ0n) is 41.6. The molecule has 0 atom stereocenters. The molecule has 0 fully saturated rings. The van der Waals surface area contributed by atoms with E-state index < -0.39 is 0 Å². The van der Waals surface area contributed by atoms with Gasteiger partial charge in [0, 0.05) is 43.9 Å². The lowest BCUT2D eigenvalue weighted by Gasteiger charge is -2.49. The minimum atomic E-state index is 0.0661. The van der Waals surface area contributed by atoms with Crippen LogP contribution in [0.3, 0.4) is 0 Å². The Kier molecular flexibility index (Phi) is 8.33. The average molecular weight is 871 g/mol. The molecule has 3 aliphatic carbocycles. The lowest BCUT2D eigenvalue weighted by atomic mass is 9.32. The van der Waals surface area contributed by atoms with E-state index in [2.05, 4.69) is 198 Å². The van der Waals surface area contributed by atoms with E-state index in [0.29, 0.717) is 0 Å². The van der Waals surface area contributed by atoms with E-state index in [9.17, 15) is 0 Å². The van der Waals surface area contributed by atoms with Gasteiger partial charge in [0.05, 0.1) is 10.4 Å². The van der Waals surface area contributed by atoms with Crippen LogP contribution in [-0.2, 0) is 32.5 Å². The molecule has 0 unspecified atom stereocenters. The summed E-state index contributed by atoms with van der Waals surface area (Å²) in [6.45, 7) is 34.7. The fraction of sp³-hybridized carbons (Fsp3) is 0.410. The van der Waals surface area contributed by atoms with Crippen molar-refractivity contribution in [3.05, 3.63) is 136 Å². The van der Waals surface area contributed by atoms with Gasteiger partial charge in [-0.15, -0.1) is 11.3 Å². The number of aryl methyl sites for hydroxylation is 2. The maximum Gasteiger partial charge on any atom is 0.252 e. The SMILES string of the molecule is Cc1cc2c3c(c1)N(c1cccc4c1sc1ccccc14)c1cc4c(cc1B3c1cc3c(cc1N2c1cc2c(cc1C)C(C)(C)CC2(C)C)C(C)(C)CCC3(C)C)C(C)(C)CCC4(C)C. The van der Waals surface area contributed by atoms with Gasteiger partial charge in [-0.2, -0.15) is 0 Å². The van der Waals surface area contributed by atoms with Gasteiger partial charge in [-0.3, -0.25) is 0 Å². The molecule has 2 aliphatic heterocycles. The quantitative estimate of drug-likeness (QED) is 0.160. The average Bonchev–Trinajstić information content (AvgIpc) is 3.70. The molecule has 0 spiro atoms. The molecular formula is C61H67BN2S. The van der Waals surface area contributed by atoms with Gasteiger partial charge in [0.15, 0.2) is 0 Å². The summed E-state index contributed by atoms with van der Waals surface area (Å²) >= 11 is 1.95. The minimum Gasteiger partial charge on any atom is -0.311 e. The normalized spacial score (nSPS) is 20.8. The molecule has 4 heteroatoms. The van der Waals surface area contributed by atoms with E-state index in [1.807, 2.05) is 11.3 Å². The van der Waals surface area contributed by atoms with Gasteiger partial charge in [-0.05, 0) is 182 Å². The molecule has 2 nitrogen and oxygen atoms in total. The Balaban J connectivity index is 1.24. The highest BCUT2D eigenvalue weighted by Crippen LogP contribution is 2.56. The monoisotopic (exact) mass is 871 g/mol. The third-order valence-corrected chi connectivity index (χ3v) is 18.9. The molecule has 7 aromatic rings. The summed E-state index contributed by atoms with van der Waals surface area (Å²) in [6, 6.07) is 37.2. The van der Waals surface area contributed by atoms with E-state index >= 15 is 0 Å². The molecule has 6 aromatic carbocycles. The highest BCUT2D eigenvalue weighted by Gasteiger charge is 2.50. The number of rotatable bonds is 2. The van der Waals surface area contributed by atoms with Crippen LogP contribution in [0.25, 0.3) is 20.2 Å². The zero-order valence-corrected chi connectivity index (χ0v) is 42.4. The number of thiophene rings is 1. The van der Waals surface area contributed by atoms with Crippen molar-refractivity contribution < 1.29 is 0 Å². The summed E-state index contributed by atoms with van der Waals surface area (Å²) in [6.07, 6.45) is 5.91. The first-order valence-corrected chi connectivity index (χ1v) is 25.5. The number of anilines is 6. The van der Waals surface area contributed by atoms with Gasteiger partial charge in [0.1, 0.15) is 0 Å². The maximum absolute atomic E-state index is 2.75. The van der Waals surface area contributed by atoms with Crippen LogP contribution in [0.15, 0.2) is 91.0 Å². The third-order valence-electron chi connectivity index (χ3n) is 17.7. The second-order valence-electron chi connectivity index (χ2n) is 25.2. The van der Waals surface area contributed by atoms with E-state index in [1.54, 1.807) is 0 Å². The second kappa shape index (κ2) is 13.0. The highest BCUT2D eigenvalue weighted by atomic mass is 32.1. The number of nitrogens with zero attached hydrogens (tertiary/aromatic N) is 2. The Morgan fingerprint density at radius 3 is 1.43 bits per heavy atom. The van der Waals surface area contributed by atoms with Crippen molar-refractivity contribution in [2.24, 2.45) is 0 Å². The number of hydrogen-bond donors (Lipinski definition) is 0. The van der Waals surface area contributed by atoms with Crippen molar-refractivity contribution >= 4 is 88.7 Å². The number of fused-ring (bicyclic) bond motifs is 10. The summed E-state index contributed by atoms with van der Waals surface area (Å²) in [5.74, 6) is 0.